The Bertz CT molecular complexity index is 470. The zero-order chi connectivity index (χ0) is 17.6. The van der Waals surface area contributed by atoms with Crippen LogP contribution in [-0.4, -0.2) is 46.4 Å². The van der Waals surface area contributed by atoms with Crippen molar-refractivity contribution in [3.05, 3.63) is 0 Å². The van der Waals surface area contributed by atoms with Crippen LogP contribution >= 0.6 is 0 Å². The van der Waals surface area contributed by atoms with Gasteiger partial charge in [0.25, 0.3) is 0 Å². The molecule has 1 saturated carbocycles. The minimum atomic E-state index is -1.16. The first-order valence-electron chi connectivity index (χ1n) is 9.29. The monoisotopic (exact) mass is 338 g/mol. The molecule has 0 spiro atoms. The predicted octanol–water partition coefficient (Wildman–Crippen LogP) is 2.32. The van der Waals surface area contributed by atoms with Crippen molar-refractivity contribution in [2.24, 2.45) is 5.92 Å². The van der Waals surface area contributed by atoms with Gasteiger partial charge in [0.15, 0.2) is 0 Å². The number of nitrogens with zero attached hydrogens (tertiary/aromatic N) is 1. The van der Waals surface area contributed by atoms with E-state index in [1.807, 2.05) is 0 Å². The maximum atomic E-state index is 12.4. The van der Waals surface area contributed by atoms with Crippen LogP contribution in [0.4, 0.5) is 0 Å². The smallest absolute Gasteiger partial charge is 0.329 e. The number of hydrogen-bond acceptors (Lipinski definition) is 3. The van der Waals surface area contributed by atoms with Crippen molar-refractivity contribution in [2.75, 3.05) is 13.1 Å². The van der Waals surface area contributed by atoms with Gasteiger partial charge in [0.05, 0.1) is 6.54 Å². The lowest BCUT2D eigenvalue weighted by Crippen LogP contribution is -2.58. The summed E-state index contributed by atoms with van der Waals surface area (Å²) in [6.45, 7) is 2.68. The van der Waals surface area contributed by atoms with Crippen molar-refractivity contribution < 1.29 is 19.5 Å². The molecule has 0 unspecified atom stereocenters. The number of carboxylic acid groups (broad SMARTS) is 1. The number of amides is 2. The lowest BCUT2D eigenvalue weighted by Gasteiger charge is -2.37. The Kier molecular flexibility index (Phi) is 6.63. The molecule has 0 bridgehead atoms. The van der Waals surface area contributed by atoms with Crippen molar-refractivity contribution in [3.8, 4) is 0 Å². The van der Waals surface area contributed by atoms with E-state index in [-0.39, 0.29) is 18.4 Å². The number of aliphatic carboxylic acids is 1. The molecule has 0 radical (unpaired) electrons. The van der Waals surface area contributed by atoms with E-state index in [1.165, 1.54) is 0 Å². The lowest BCUT2D eigenvalue weighted by atomic mass is 9.75. The van der Waals surface area contributed by atoms with E-state index in [1.54, 1.807) is 4.90 Å². The largest absolute Gasteiger partial charge is 0.480 e. The summed E-state index contributed by atoms with van der Waals surface area (Å²) in [5, 5.41) is 12.4. The minimum Gasteiger partial charge on any atom is -0.480 e. The molecule has 6 heteroatoms. The van der Waals surface area contributed by atoms with E-state index in [4.69, 9.17) is 0 Å². The second kappa shape index (κ2) is 8.49. The van der Waals surface area contributed by atoms with E-state index >= 15 is 0 Å². The van der Waals surface area contributed by atoms with Crippen LogP contribution in [0.5, 0.6) is 0 Å². The van der Waals surface area contributed by atoms with Gasteiger partial charge in [-0.2, -0.15) is 0 Å². The molecule has 2 rings (SSSR count). The number of carboxylic acids is 1. The summed E-state index contributed by atoms with van der Waals surface area (Å²) >= 11 is 0. The molecular formula is C18H30N2O4. The van der Waals surface area contributed by atoms with Gasteiger partial charge in [-0.3, -0.25) is 9.59 Å². The first-order valence-corrected chi connectivity index (χ1v) is 9.29. The van der Waals surface area contributed by atoms with Gasteiger partial charge in [0.1, 0.15) is 5.54 Å². The summed E-state index contributed by atoms with van der Waals surface area (Å²) < 4.78 is 0. The van der Waals surface area contributed by atoms with Crippen LogP contribution in [0.25, 0.3) is 0 Å². The van der Waals surface area contributed by atoms with Crippen molar-refractivity contribution in [2.45, 2.75) is 76.7 Å². The van der Waals surface area contributed by atoms with Gasteiger partial charge >= 0.3 is 5.97 Å². The molecule has 1 aliphatic carbocycles. The molecule has 2 aliphatic rings. The highest BCUT2D eigenvalue weighted by molar-refractivity contribution is 5.90. The molecule has 0 atom stereocenters. The Morgan fingerprint density at radius 2 is 1.88 bits per heavy atom. The van der Waals surface area contributed by atoms with Crippen LogP contribution in [-0.2, 0) is 14.4 Å². The summed E-state index contributed by atoms with van der Waals surface area (Å²) in [6, 6.07) is 0. The maximum Gasteiger partial charge on any atom is 0.329 e. The van der Waals surface area contributed by atoms with Crippen molar-refractivity contribution >= 4 is 17.8 Å². The van der Waals surface area contributed by atoms with Crippen LogP contribution in [0.15, 0.2) is 0 Å². The molecule has 136 valence electrons. The maximum absolute atomic E-state index is 12.4. The standard InChI is InChI=1S/C18H30N2O4/c1-2-14-8-10-18(11-9-14,17(23)24)19-15(21)13-20-12-6-4-3-5-7-16(20)22/h14H,2-13H2,1H3,(H,19,21)(H,23,24). The molecule has 1 aliphatic heterocycles. The van der Waals surface area contributed by atoms with Crippen LogP contribution in [0.1, 0.15) is 71.1 Å². The third-order valence-electron chi connectivity index (χ3n) is 5.58. The van der Waals surface area contributed by atoms with E-state index in [2.05, 4.69) is 12.2 Å². The minimum absolute atomic E-state index is 0.00363. The molecular weight excluding hydrogens is 308 g/mol. The summed E-state index contributed by atoms with van der Waals surface area (Å²) in [7, 11) is 0. The predicted molar refractivity (Wildman–Crippen MR) is 90.4 cm³/mol. The quantitative estimate of drug-likeness (QED) is 0.805. The Labute approximate surface area is 144 Å². The van der Waals surface area contributed by atoms with Crippen LogP contribution in [0.3, 0.4) is 0 Å². The van der Waals surface area contributed by atoms with Gasteiger partial charge in [-0.25, -0.2) is 4.79 Å². The molecule has 1 heterocycles. The second-order valence-electron chi connectivity index (χ2n) is 7.27. The average Bonchev–Trinajstić information content (AvgIpc) is 2.55. The molecule has 0 aromatic carbocycles. The van der Waals surface area contributed by atoms with Crippen molar-refractivity contribution in [3.63, 3.8) is 0 Å². The number of likely N-dealkylation sites (tertiary alicyclic amines) is 1. The van der Waals surface area contributed by atoms with Crippen LogP contribution in [0, 0.1) is 5.92 Å². The Hall–Kier alpha value is -1.59. The molecule has 24 heavy (non-hydrogen) atoms. The molecule has 2 N–H and O–H groups in total. The third kappa shape index (κ3) is 4.71. The normalized spacial score (nSPS) is 28.8. The highest BCUT2D eigenvalue weighted by Gasteiger charge is 2.43. The van der Waals surface area contributed by atoms with Crippen molar-refractivity contribution in [1.29, 1.82) is 0 Å². The van der Waals surface area contributed by atoms with Gasteiger partial charge in [0, 0.05) is 13.0 Å². The zero-order valence-electron chi connectivity index (χ0n) is 14.7. The third-order valence-corrected chi connectivity index (χ3v) is 5.58. The number of hydrogen-bond donors (Lipinski definition) is 2. The Balaban J connectivity index is 1.95. The summed E-state index contributed by atoms with van der Waals surface area (Å²) in [6.07, 6.45) is 8.03. The van der Waals surface area contributed by atoms with Gasteiger partial charge < -0.3 is 15.3 Å². The lowest BCUT2D eigenvalue weighted by molar-refractivity contribution is -0.150. The fraction of sp³-hybridized carbons (Fsp3) is 0.833. The first kappa shape index (κ1) is 18.7. The summed E-state index contributed by atoms with van der Waals surface area (Å²) in [5.74, 6) is -0.750. The zero-order valence-corrected chi connectivity index (χ0v) is 14.7. The van der Waals surface area contributed by atoms with Crippen molar-refractivity contribution in [1.82, 2.24) is 10.2 Å². The van der Waals surface area contributed by atoms with Gasteiger partial charge in [-0.1, -0.05) is 26.2 Å². The van der Waals surface area contributed by atoms with E-state index in [0.29, 0.717) is 31.7 Å². The fourth-order valence-corrected chi connectivity index (χ4v) is 3.83. The van der Waals surface area contributed by atoms with Crippen LogP contribution < -0.4 is 5.32 Å². The molecule has 6 nitrogen and oxygen atoms in total. The molecule has 2 amide bonds. The summed E-state index contributed by atoms with van der Waals surface area (Å²) in [4.78, 5) is 37.9. The highest BCUT2D eigenvalue weighted by Crippen LogP contribution is 2.34. The Morgan fingerprint density at radius 1 is 1.21 bits per heavy atom. The molecule has 2 fully saturated rings. The fourth-order valence-electron chi connectivity index (χ4n) is 3.83. The second-order valence-corrected chi connectivity index (χ2v) is 7.27. The number of carbonyl (C=O) groups excluding carboxylic acids is 2. The Morgan fingerprint density at radius 3 is 2.50 bits per heavy atom. The number of nitrogens with one attached hydrogen (secondary N) is 1. The molecule has 0 aromatic heterocycles. The number of rotatable bonds is 5. The van der Waals surface area contributed by atoms with E-state index in [9.17, 15) is 19.5 Å². The summed E-state index contributed by atoms with van der Waals surface area (Å²) in [5.41, 5.74) is -1.16. The molecule has 0 aromatic rings. The highest BCUT2D eigenvalue weighted by atomic mass is 16.4. The average molecular weight is 338 g/mol. The van der Waals surface area contributed by atoms with Crippen LogP contribution in [0.2, 0.25) is 0 Å². The number of carbonyl (C=O) groups is 3. The van der Waals surface area contributed by atoms with Gasteiger partial charge in [-0.15, -0.1) is 0 Å². The first-order chi connectivity index (χ1) is 11.5. The van der Waals surface area contributed by atoms with Gasteiger partial charge in [0.2, 0.25) is 11.8 Å². The SMILES string of the molecule is CCC1CCC(NC(=O)CN2CCCCCCC2=O)(C(=O)O)CC1. The van der Waals surface area contributed by atoms with Gasteiger partial charge in [-0.05, 0) is 44.4 Å². The topological polar surface area (TPSA) is 86.7 Å². The van der Waals surface area contributed by atoms with E-state index in [0.717, 1.165) is 44.9 Å². The van der Waals surface area contributed by atoms with E-state index < -0.39 is 11.5 Å². The molecule has 1 saturated heterocycles.